The number of nitrogens with one attached hydrogen (secondary N) is 2. The summed E-state index contributed by atoms with van der Waals surface area (Å²) in [6, 6.07) is 12.5. The normalized spacial score (nSPS) is 13.3. The average Bonchev–Trinajstić information content (AvgIpc) is 3.30. The van der Waals surface area contributed by atoms with Crippen molar-refractivity contribution in [3.05, 3.63) is 59.2 Å². The molecule has 0 aromatic heterocycles. The van der Waals surface area contributed by atoms with Crippen LogP contribution in [0.25, 0.3) is 0 Å². The van der Waals surface area contributed by atoms with Crippen molar-refractivity contribution in [2.75, 3.05) is 25.0 Å². The molecule has 0 bridgehead atoms. The largest absolute Gasteiger partial charge is 0.484 e. The first-order valence-electron chi connectivity index (χ1n) is 10.2. The quantitative estimate of drug-likeness (QED) is 0.424. The minimum Gasteiger partial charge on any atom is -0.484 e. The zero-order valence-electron chi connectivity index (χ0n) is 17.7. The third kappa shape index (κ3) is 6.15. The topological polar surface area (TPSA) is 100 Å². The Morgan fingerprint density at radius 3 is 2.42 bits per heavy atom. The van der Waals surface area contributed by atoms with Crippen LogP contribution in [-0.4, -0.2) is 48.5 Å². The fraction of sp³-hybridized carbons (Fsp3) is 0.304. The van der Waals surface area contributed by atoms with Crippen molar-refractivity contribution < 1.29 is 19.1 Å². The molecule has 1 aliphatic rings. The summed E-state index contributed by atoms with van der Waals surface area (Å²) in [5, 5.41) is 6.44. The first-order chi connectivity index (χ1) is 14.9. The number of para-hydroxylation sites is 1. The van der Waals surface area contributed by atoms with Gasteiger partial charge in [-0.3, -0.25) is 14.4 Å². The average molecular weight is 422 g/mol. The van der Waals surface area contributed by atoms with Crippen molar-refractivity contribution >= 4 is 29.6 Å². The molecule has 0 aliphatic carbocycles. The number of benzene rings is 2. The van der Waals surface area contributed by atoms with Crippen molar-refractivity contribution in [3.8, 4) is 5.75 Å². The maximum atomic E-state index is 12.1. The Balaban J connectivity index is 1.50. The van der Waals surface area contributed by atoms with E-state index in [1.165, 1.54) is 6.21 Å². The Bertz CT molecular complexity index is 977. The molecule has 1 saturated heterocycles. The van der Waals surface area contributed by atoms with Gasteiger partial charge in [-0.05, 0) is 55.5 Å². The molecule has 1 heterocycles. The van der Waals surface area contributed by atoms with E-state index in [4.69, 9.17) is 4.74 Å². The molecule has 2 aromatic carbocycles. The minimum absolute atomic E-state index is 0.0180. The SMILES string of the molecule is Cc1cccc(C)c1NC(=O)C(=O)N/N=C\c1cccc(OCC(=O)N2CCCC2)c1. The Kier molecular flexibility index (Phi) is 7.37. The summed E-state index contributed by atoms with van der Waals surface area (Å²) in [7, 11) is 0. The summed E-state index contributed by atoms with van der Waals surface area (Å²) in [6.45, 7) is 5.26. The lowest BCUT2D eigenvalue weighted by molar-refractivity contribution is -0.136. The van der Waals surface area contributed by atoms with E-state index >= 15 is 0 Å². The Labute approximate surface area is 181 Å². The lowest BCUT2D eigenvalue weighted by Gasteiger charge is -2.15. The smallest absolute Gasteiger partial charge is 0.329 e. The molecule has 0 saturated carbocycles. The summed E-state index contributed by atoms with van der Waals surface area (Å²) in [4.78, 5) is 38.0. The molecule has 1 aliphatic heterocycles. The van der Waals surface area contributed by atoms with Gasteiger partial charge in [-0.2, -0.15) is 5.10 Å². The minimum atomic E-state index is -0.873. The third-order valence-electron chi connectivity index (χ3n) is 4.98. The van der Waals surface area contributed by atoms with Crippen LogP contribution in [0.15, 0.2) is 47.6 Å². The van der Waals surface area contributed by atoms with Crippen molar-refractivity contribution in [1.29, 1.82) is 0 Å². The van der Waals surface area contributed by atoms with Gasteiger partial charge in [-0.1, -0.05) is 30.3 Å². The molecule has 3 amide bonds. The fourth-order valence-corrected chi connectivity index (χ4v) is 3.29. The maximum absolute atomic E-state index is 12.1. The number of rotatable bonds is 6. The molecule has 31 heavy (non-hydrogen) atoms. The van der Waals surface area contributed by atoms with Gasteiger partial charge in [-0.25, -0.2) is 5.43 Å². The summed E-state index contributed by atoms with van der Waals surface area (Å²) < 4.78 is 5.57. The van der Waals surface area contributed by atoms with Crippen LogP contribution in [0.2, 0.25) is 0 Å². The van der Waals surface area contributed by atoms with Gasteiger partial charge < -0.3 is 15.0 Å². The lowest BCUT2D eigenvalue weighted by Crippen LogP contribution is -2.32. The number of carbonyl (C=O) groups excluding carboxylic acids is 3. The number of nitrogens with zero attached hydrogens (tertiary/aromatic N) is 2. The van der Waals surface area contributed by atoms with Gasteiger partial charge in [0.2, 0.25) is 0 Å². The third-order valence-corrected chi connectivity index (χ3v) is 4.98. The van der Waals surface area contributed by atoms with E-state index < -0.39 is 11.8 Å². The summed E-state index contributed by atoms with van der Waals surface area (Å²) in [6.07, 6.45) is 3.47. The van der Waals surface area contributed by atoms with E-state index in [0.717, 1.165) is 37.1 Å². The highest BCUT2D eigenvalue weighted by Gasteiger charge is 2.18. The summed E-state index contributed by atoms with van der Waals surface area (Å²) >= 11 is 0. The second kappa shape index (κ2) is 10.4. The summed E-state index contributed by atoms with van der Waals surface area (Å²) in [5.41, 5.74) is 5.21. The van der Waals surface area contributed by atoms with E-state index in [1.54, 1.807) is 29.2 Å². The van der Waals surface area contributed by atoms with Gasteiger partial charge in [0, 0.05) is 18.8 Å². The van der Waals surface area contributed by atoms with Gasteiger partial charge in [0.15, 0.2) is 6.61 Å². The van der Waals surface area contributed by atoms with Gasteiger partial charge in [-0.15, -0.1) is 0 Å². The monoisotopic (exact) mass is 422 g/mol. The molecule has 2 N–H and O–H groups in total. The molecule has 8 nitrogen and oxygen atoms in total. The van der Waals surface area contributed by atoms with Crippen LogP contribution in [-0.2, 0) is 14.4 Å². The van der Waals surface area contributed by atoms with Crippen LogP contribution >= 0.6 is 0 Å². The fourth-order valence-electron chi connectivity index (χ4n) is 3.29. The molecule has 0 spiro atoms. The molecule has 1 fully saturated rings. The molecule has 162 valence electrons. The first-order valence-corrected chi connectivity index (χ1v) is 10.2. The Hall–Kier alpha value is -3.68. The van der Waals surface area contributed by atoms with Crippen molar-refractivity contribution in [2.45, 2.75) is 26.7 Å². The number of hydrogen-bond acceptors (Lipinski definition) is 5. The molecule has 0 radical (unpaired) electrons. The number of anilines is 1. The first kappa shape index (κ1) is 22.0. The van der Waals surface area contributed by atoms with Gasteiger partial charge in [0.05, 0.1) is 6.21 Å². The number of ether oxygens (including phenoxy) is 1. The van der Waals surface area contributed by atoms with E-state index in [2.05, 4.69) is 15.8 Å². The number of aryl methyl sites for hydroxylation is 2. The van der Waals surface area contributed by atoms with E-state index in [-0.39, 0.29) is 12.5 Å². The molecule has 8 heteroatoms. The standard InChI is InChI=1S/C23H26N4O4/c1-16-7-5-8-17(2)21(16)25-22(29)23(30)26-24-14-18-9-6-10-19(13-18)31-15-20(28)27-11-3-4-12-27/h5-10,13-14H,3-4,11-12,15H2,1-2H3,(H,25,29)(H,26,30)/b24-14-. The van der Waals surface area contributed by atoms with Crippen LogP contribution in [0.5, 0.6) is 5.75 Å². The molecular weight excluding hydrogens is 396 g/mol. The highest BCUT2D eigenvalue weighted by atomic mass is 16.5. The van der Waals surface area contributed by atoms with Gasteiger partial charge in [0.25, 0.3) is 5.91 Å². The number of likely N-dealkylation sites (tertiary alicyclic amines) is 1. The van der Waals surface area contributed by atoms with Gasteiger partial charge in [0.1, 0.15) is 5.75 Å². The molecule has 3 rings (SSSR count). The van der Waals surface area contributed by atoms with Crippen LogP contribution in [0.4, 0.5) is 5.69 Å². The second-order valence-corrected chi connectivity index (χ2v) is 7.37. The highest BCUT2D eigenvalue weighted by Crippen LogP contribution is 2.19. The Morgan fingerprint density at radius 2 is 1.71 bits per heavy atom. The molecule has 0 unspecified atom stereocenters. The van der Waals surface area contributed by atoms with E-state index in [1.807, 2.05) is 32.0 Å². The molecular formula is C23H26N4O4. The predicted molar refractivity (Wildman–Crippen MR) is 118 cm³/mol. The van der Waals surface area contributed by atoms with Gasteiger partial charge >= 0.3 is 11.8 Å². The van der Waals surface area contributed by atoms with Crippen LogP contribution in [0.3, 0.4) is 0 Å². The molecule has 0 atom stereocenters. The van der Waals surface area contributed by atoms with Crippen molar-refractivity contribution in [1.82, 2.24) is 10.3 Å². The van der Waals surface area contributed by atoms with Crippen LogP contribution in [0.1, 0.15) is 29.5 Å². The van der Waals surface area contributed by atoms with Crippen molar-refractivity contribution in [3.63, 3.8) is 0 Å². The van der Waals surface area contributed by atoms with Crippen molar-refractivity contribution in [2.24, 2.45) is 5.10 Å². The number of hydrogen-bond donors (Lipinski definition) is 2. The van der Waals surface area contributed by atoms with Crippen LogP contribution in [0, 0.1) is 13.8 Å². The summed E-state index contributed by atoms with van der Waals surface area (Å²) in [5.74, 6) is -1.18. The number of amides is 3. The predicted octanol–water partition coefficient (Wildman–Crippen LogP) is 2.39. The molecule has 2 aromatic rings. The lowest BCUT2D eigenvalue weighted by atomic mass is 10.1. The second-order valence-electron chi connectivity index (χ2n) is 7.37. The van der Waals surface area contributed by atoms with E-state index in [0.29, 0.717) is 17.0 Å². The van der Waals surface area contributed by atoms with Crippen LogP contribution < -0.4 is 15.5 Å². The van der Waals surface area contributed by atoms with E-state index in [9.17, 15) is 14.4 Å². The Morgan fingerprint density at radius 1 is 1.03 bits per heavy atom. The zero-order chi connectivity index (χ0) is 22.2. The zero-order valence-corrected chi connectivity index (χ0v) is 17.7. The number of hydrazone groups is 1. The highest BCUT2D eigenvalue weighted by molar-refractivity contribution is 6.39. The number of carbonyl (C=O) groups is 3. The maximum Gasteiger partial charge on any atom is 0.329 e.